The number of rotatable bonds is 5. The van der Waals surface area contributed by atoms with Gasteiger partial charge in [0.2, 0.25) is 11.8 Å². The van der Waals surface area contributed by atoms with Crippen molar-refractivity contribution in [3.8, 4) is 0 Å². The maximum Gasteiger partial charge on any atom is 0.230 e. The lowest BCUT2D eigenvalue weighted by Crippen LogP contribution is -2.22. The maximum absolute atomic E-state index is 10.9. The molecule has 4 N–H and O–H groups in total. The number of aromatic nitrogens is 1. The van der Waals surface area contributed by atoms with Crippen molar-refractivity contribution in [2.24, 2.45) is 11.5 Å². The number of thioether (sulfide) groups is 1. The lowest BCUT2D eigenvalue weighted by Gasteiger charge is -2.02. The van der Waals surface area contributed by atoms with Gasteiger partial charge >= 0.3 is 0 Å². The Morgan fingerprint density at radius 3 is 2.62 bits per heavy atom. The van der Waals surface area contributed by atoms with Crippen LogP contribution in [0, 0.1) is 6.92 Å². The molecule has 0 radical (unpaired) electrons. The van der Waals surface area contributed by atoms with Gasteiger partial charge in [-0.1, -0.05) is 11.8 Å². The average Bonchev–Trinajstić information content (AvgIpc) is 2.45. The number of carbonyl (C=O) groups is 2. The summed E-state index contributed by atoms with van der Waals surface area (Å²) in [6.45, 7) is 3.53. The minimum atomic E-state index is -0.383. The summed E-state index contributed by atoms with van der Waals surface area (Å²) in [6, 6.07) is 0. The van der Waals surface area contributed by atoms with Gasteiger partial charge in [-0.15, -0.1) is 11.3 Å². The van der Waals surface area contributed by atoms with E-state index in [9.17, 15) is 9.59 Å². The first-order valence-electron chi connectivity index (χ1n) is 4.60. The van der Waals surface area contributed by atoms with Gasteiger partial charge in [0.1, 0.15) is 0 Å². The normalized spacial score (nSPS) is 12.4. The number of carbonyl (C=O) groups excluding carboxylic acids is 2. The van der Waals surface area contributed by atoms with E-state index in [0.29, 0.717) is 0 Å². The molecule has 5 nitrogen and oxygen atoms in total. The zero-order chi connectivity index (χ0) is 12.3. The molecule has 2 amide bonds. The molecule has 1 unspecified atom stereocenters. The molecule has 0 aromatic carbocycles. The molecule has 0 aliphatic heterocycles. The van der Waals surface area contributed by atoms with Gasteiger partial charge in [-0.05, 0) is 13.8 Å². The zero-order valence-electron chi connectivity index (χ0n) is 9.02. The van der Waals surface area contributed by atoms with Crippen LogP contribution in [0.4, 0.5) is 0 Å². The monoisotopic (exact) mass is 259 g/mol. The molecule has 16 heavy (non-hydrogen) atoms. The highest BCUT2D eigenvalue weighted by atomic mass is 32.2. The van der Waals surface area contributed by atoms with E-state index in [1.165, 1.54) is 23.1 Å². The van der Waals surface area contributed by atoms with Crippen LogP contribution in [0.2, 0.25) is 0 Å². The number of nitrogens with two attached hydrogens (primary N) is 2. The second-order valence-corrected chi connectivity index (χ2v) is 5.97. The van der Waals surface area contributed by atoms with E-state index >= 15 is 0 Å². The molecule has 7 heteroatoms. The molecule has 0 aliphatic carbocycles. The molecule has 0 fully saturated rings. The Bertz CT molecular complexity index is 417. The molecule has 0 bridgehead atoms. The van der Waals surface area contributed by atoms with E-state index in [2.05, 4.69) is 4.98 Å². The lowest BCUT2D eigenvalue weighted by atomic mass is 10.3. The fraction of sp³-hybridized carbons (Fsp3) is 0.444. The Morgan fingerprint density at radius 1 is 1.50 bits per heavy atom. The molecular formula is C9H13N3O2S2. The summed E-state index contributed by atoms with van der Waals surface area (Å²) in [4.78, 5) is 26.7. The molecule has 0 saturated heterocycles. The van der Waals surface area contributed by atoms with Gasteiger partial charge in [-0.2, -0.15) is 0 Å². The van der Waals surface area contributed by atoms with Crippen LogP contribution >= 0.6 is 23.1 Å². The van der Waals surface area contributed by atoms with Gasteiger partial charge in [-0.25, -0.2) is 4.98 Å². The predicted molar refractivity (Wildman–Crippen MR) is 64.3 cm³/mol. The Labute approximate surface area is 102 Å². The van der Waals surface area contributed by atoms with Gasteiger partial charge in [0.15, 0.2) is 4.34 Å². The largest absolute Gasteiger partial charge is 0.369 e. The molecule has 0 spiro atoms. The lowest BCUT2D eigenvalue weighted by molar-refractivity contribution is -0.118. The van der Waals surface area contributed by atoms with Crippen molar-refractivity contribution < 1.29 is 9.59 Å². The number of nitrogens with zero attached hydrogens (tertiary/aromatic N) is 1. The third-order valence-electron chi connectivity index (χ3n) is 1.89. The summed E-state index contributed by atoms with van der Waals surface area (Å²) in [5.41, 5.74) is 11.0. The predicted octanol–water partition coefficient (Wildman–Crippen LogP) is 0.445. The third-order valence-corrected chi connectivity index (χ3v) is 4.26. The number of hydrogen-bond donors (Lipinski definition) is 2. The van der Waals surface area contributed by atoms with E-state index in [0.717, 1.165) is 14.9 Å². The highest BCUT2D eigenvalue weighted by Crippen LogP contribution is 2.30. The number of primary amides is 2. The van der Waals surface area contributed by atoms with Crippen molar-refractivity contribution in [2.45, 2.75) is 29.9 Å². The van der Waals surface area contributed by atoms with Crippen LogP contribution in [-0.4, -0.2) is 22.0 Å². The number of aryl methyl sites for hydroxylation is 1. The average molecular weight is 259 g/mol. The Balaban J connectivity index is 2.76. The van der Waals surface area contributed by atoms with E-state index in [1.54, 1.807) is 6.92 Å². The summed E-state index contributed by atoms with van der Waals surface area (Å²) in [5, 5.41) is -0.327. The SMILES string of the molecule is Cc1nc(SC(C)C(N)=O)sc1CC(N)=O. The topological polar surface area (TPSA) is 99.1 Å². The van der Waals surface area contributed by atoms with E-state index in [4.69, 9.17) is 11.5 Å². The smallest absolute Gasteiger partial charge is 0.230 e. The van der Waals surface area contributed by atoms with Gasteiger partial charge in [0, 0.05) is 4.88 Å². The summed E-state index contributed by atoms with van der Waals surface area (Å²) in [5.74, 6) is -0.763. The Hall–Kier alpha value is -1.08. The highest BCUT2D eigenvalue weighted by Gasteiger charge is 2.15. The fourth-order valence-corrected chi connectivity index (χ4v) is 3.32. The second kappa shape index (κ2) is 5.31. The summed E-state index contributed by atoms with van der Waals surface area (Å²) in [6.07, 6.45) is 0.189. The van der Waals surface area contributed by atoms with Crippen molar-refractivity contribution in [1.82, 2.24) is 4.98 Å². The van der Waals surface area contributed by atoms with Crippen LogP contribution in [0.3, 0.4) is 0 Å². The molecule has 0 aliphatic rings. The van der Waals surface area contributed by atoms with E-state index in [1.807, 2.05) is 6.92 Å². The van der Waals surface area contributed by atoms with E-state index in [-0.39, 0.29) is 23.5 Å². The van der Waals surface area contributed by atoms with Crippen molar-refractivity contribution in [1.29, 1.82) is 0 Å². The quantitative estimate of drug-likeness (QED) is 0.750. The van der Waals surface area contributed by atoms with Crippen LogP contribution < -0.4 is 11.5 Å². The molecule has 1 aromatic rings. The van der Waals surface area contributed by atoms with Crippen LogP contribution in [0.15, 0.2) is 4.34 Å². The maximum atomic E-state index is 10.9. The molecule has 1 rings (SSSR count). The minimum absolute atomic E-state index is 0.189. The molecule has 1 atom stereocenters. The first kappa shape index (κ1) is 13.0. The molecule has 1 heterocycles. The molecule has 88 valence electrons. The molecule has 0 saturated carbocycles. The minimum Gasteiger partial charge on any atom is -0.369 e. The van der Waals surface area contributed by atoms with E-state index < -0.39 is 0 Å². The number of amides is 2. The summed E-state index contributed by atoms with van der Waals surface area (Å²) in [7, 11) is 0. The first-order chi connectivity index (χ1) is 7.40. The summed E-state index contributed by atoms with van der Waals surface area (Å²) >= 11 is 2.67. The zero-order valence-corrected chi connectivity index (χ0v) is 10.7. The third kappa shape index (κ3) is 3.49. The van der Waals surface area contributed by atoms with Crippen molar-refractivity contribution in [3.63, 3.8) is 0 Å². The second-order valence-electron chi connectivity index (χ2n) is 3.29. The van der Waals surface area contributed by atoms with Crippen molar-refractivity contribution in [3.05, 3.63) is 10.6 Å². The number of hydrogen-bond acceptors (Lipinski definition) is 5. The first-order valence-corrected chi connectivity index (χ1v) is 6.30. The molecule has 1 aromatic heterocycles. The summed E-state index contributed by atoms with van der Waals surface area (Å²) < 4.78 is 0.736. The van der Waals surface area contributed by atoms with Gasteiger partial charge in [-0.3, -0.25) is 9.59 Å². The standard InChI is InChI=1S/C9H13N3O2S2/c1-4-6(3-7(10)13)16-9(12-4)15-5(2)8(11)14/h5H,3H2,1-2H3,(H2,10,13)(H2,11,14). The van der Waals surface area contributed by atoms with Gasteiger partial charge < -0.3 is 11.5 Å². The van der Waals surface area contributed by atoms with Gasteiger partial charge in [0.05, 0.1) is 17.4 Å². The number of thiazole rings is 1. The van der Waals surface area contributed by atoms with Crippen molar-refractivity contribution >= 4 is 34.9 Å². The van der Waals surface area contributed by atoms with Crippen molar-refractivity contribution in [2.75, 3.05) is 0 Å². The van der Waals surface area contributed by atoms with Gasteiger partial charge in [0.25, 0.3) is 0 Å². The van der Waals surface area contributed by atoms with Crippen LogP contribution in [0.1, 0.15) is 17.5 Å². The Kier molecular flexibility index (Phi) is 4.31. The van der Waals surface area contributed by atoms with Crippen LogP contribution in [0.5, 0.6) is 0 Å². The highest BCUT2D eigenvalue weighted by molar-refractivity contribution is 8.02. The fourth-order valence-electron chi connectivity index (χ4n) is 0.983. The van der Waals surface area contributed by atoms with Crippen LogP contribution in [0.25, 0.3) is 0 Å². The Morgan fingerprint density at radius 2 is 2.12 bits per heavy atom. The van der Waals surface area contributed by atoms with Crippen LogP contribution in [-0.2, 0) is 16.0 Å². The molecular weight excluding hydrogens is 246 g/mol.